The van der Waals surface area contributed by atoms with Gasteiger partial charge in [0.2, 0.25) is 0 Å². The number of ether oxygens (including phenoxy) is 2. The summed E-state index contributed by atoms with van der Waals surface area (Å²) >= 11 is 4.36. The molecule has 27 heavy (non-hydrogen) atoms. The van der Waals surface area contributed by atoms with Crippen LogP contribution in [-0.4, -0.2) is 33.9 Å². The number of carbonyl (C=O) groups is 1. The number of fused-ring (bicyclic) bond motifs is 1. The van der Waals surface area contributed by atoms with Crippen LogP contribution >= 0.6 is 12.6 Å². The summed E-state index contributed by atoms with van der Waals surface area (Å²) in [5.74, 6) is 1.46. The summed E-state index contributed by atoms with van der Waals surface area (Å²) in [7, 11) is 0. The zero-order valence-electron chi connectivity index (χ0n) is 14.3. The van der Waals surface area contributed by atoms with Crippen LogP contribution in [0.25, 0.3) is 0 Å². The molecule has 1 aliphatic heterocycles. The van der Waals surface area contributed by atoms with Crippen LogP contribution in [0.5, 0.6) is 11.5 Å². The molecule has 138 valence electrons. The molecule has 0 radical (unpaired) electrons. The standard InChI is InChI=1S/C18H17N5O3S/c19-14-5-11(18(24)23-10-20-9-21-23)6-15(13(14)8-27)22-12-1-2-16-17(7-12)26-4-3-25-16/h1-2,5-7,9-10,22,27H,3-4,8,19H2. The average Bonchev–Trinajstić information content (AvgIpc) is 3.22. The van der Waals surface area contributed by atoms with Crippen molar-refractivity contribution in [3.63, 3.8) is 0 Å². The van der Waals surface area contributed by atoms with E-state index in [-0.39, 0.29) is 5.91 Å². The molecule has 8 nitrogen and oxygen atoms in total. The second-order valence-corrected chi connectivity index (χ2v) is 6.19. The molecule has 0 saturated heterocycles. The normalized spacial score (nSPS) is 12.6. The second kappa shape index (κ2) is 7.20. The summed E-state index contributed by atoms with van der Waals surface area (Å²) in [5.41, 5.74) is 9.28. The lowest BCUT2D eigenvalue weighted by Crippen LogP contribution is -2.15. The van der Waals surface area contributed by atoms with Gasteiger partial charge in [-0.3, -0.25) is 4.79 Å². The van der Waals surface area contributed by atoms with E-state index in [1.807, 2.05) is 18.2 Å². The van der Waals surface area contributed by atoms with Gasteiger partial charge in [0.1, 0.15) is 25.9 Å². The van der Waals surface area contributed by atoms with Gasteiger partial charge < -0.3 is 20.5 Å². The minimum absolute atomic E-state index is 0.324. The van der Waals surface area contributed by atoms with Crippen molar-refractivity contribution in [1.82, 2.24) is 14.8 Å². The van der Waals surface area contributed by atoms with Crippen molar-refractivity contribution in [2.45, 2.75) is 5.75 Å². The predicted molar refractivity (Wildman–Crippen MR) is 104 cm³/mol. The van der Waals surface area contributed by atoms with E-state index in [0.717, 1.165) is 15.9 Å². The van der Waals surface area contributed by atoms with Gasteiger partial charge in [-0.15, -0.1) is 0 Å². The molecule has 2 aromatic carbocycles. The lowest BCUT2D eigenvalue weighted by atomic mass is 10.1. The highest BCUT2D eigenvalue weighted by Gasteiger charge is 2.16. The minimum atomic E-state index is -0.324. The van der Waals surface area contributed by atoms with Crippen molar-refractivity contribution in [2.75, 3.05) is 24.3 Å². The topological polar surface area (TPSA) is 104 Å². The van der Waals surface area contributed by atoms with Crippen LogP contribution in [0, 0.1) is 0 Å². The maximum atomic E-state index is 12.6. The molecule has 0 saturated carbocycles. The number of aromatic nitrogens is 3. The number of hydrogen-bond acceptors (Lipinski definition) is 8. The fourth-order valence-corrected chi connectivity index (χ4v) is 3.18. The summed E-state index contributed by atoms with van der Waals surface area (Å²) in [4.78, 5) is 16.4. The monoisotopic (exact) mass is 383 g/mol. The first-order chi connectivity index (χ1) is 13.2. The molecule has 0 amide bonds. The molecular weight excluding hydrogens is 366 g/mol. The molecule has 0 fully saturated rings. The summed E-state index contributed by atoms with van der Waals surface area (Å²) in [5, 5.41) is 7.17. The van der Waals surface area contributed by atoms with Gasteiger partial charge in [-0.1, -0.05) is 0 Å². The van der Waals surface area contributed by atoms with Crippen LogP contribution < -0.4 is 20.5 Å². The number of nitrogens with two attached hydrogens (primary N) is 1. The third-order valence-electron chi connectivity index (χ3n) is 4.14. The maximum absolute atomic E-state index is 12.6. The van der Waals surface area contributed by atoms with Crippen LogP contribution in [0.3, 0.4) is 0 Å². The SMILES string of the molecule is Nc1cc(C(=O)n2cncn2)cc(Nc2ccc3c(c2)OCCO3)c1CS. The quantitative estimate of drug-likeness (QED) is 0.470. The van der Waals surface area contributed by atoms with Crippen LogP contribution in [0.1, 0.15) is 15.9 Å². The Morgan fingerprint density at radius 2 is 2.04 bits per heavy atom. The van der Waals surface area contributed by atoms with Gasteiger partial charge in [0.05, 0.1) is 0 Å². The molecule has 0 aliphatic carbocycles. The van der Waals surface area contributed by atoms with E-state index >= 15 is 0 Å². The van der Waals surface area contributed by atoms with E-state index in [4.69, 9.17) is 15.2 Å². The summed E-state index contributed by atoms with van der Waals surface area (Å²) in [6.45, 7) is 1.04. The van der Waals surface area contributed by atoms with E-state index in [1.165, 1.54) is 12.7 Å². The van der Waals surface area contributed by atoms with Crippen molar-refractivity contribution < 1.29 is 14.3 Å². The number of rotatable bonds is 4. The van der Waals surface area contributed by atoms with Gasteiger partial charge in [0, 0.05) is 40.0 Å². The number of benzene rings is 2. The molecule has 3 N–H and O–H groups in total. The average molecular weight is 383 g/mol. The van der Waals surface area contributed by atoms with Gasteiger partial charge in [-0.2, -0.15) is 22.4 Å². The van der Waals surface area contributed by atoms with E-state index in [2.05, 4.69) is 28.0 Å². The van der Waals surface area contributed by atoms with Crippen LogP contribution in [0.15, 0.2) is 43.0 Å². The van der Waals surface area contributed by atoms with Crippen molar-refractivity contribution in [3.05, 3.63) is 54.1 Å². The number of nitrogens with zero attached hydrogens (tertiary/aromatic N) is 3. The Balaban J connectivity index is 1.69. The summed E-state index contributed by atoms with van der Waals surface area (Å²) < 4.78 is 12.3. The highest BCUT2D eigenvalue weighted by molar-refractivity contribution is 7.79. The fourth-order valence-electron chi connectivity index (χ4n) is 2.83. The third-order valence-corrected chi connectivity index (χ3v) is 4.45. The first-order valence-corrected chi connectivity index (χ1v) is 8.88. The van der Waals surface area contributed by atoms with Crippen LogP contribution in [-0.2, 0) is 5.75 Å². The fraction of sp³-hybridized carbons (Fsp3) is 0.167. The van der Waals surface area contributed by atoms with Crippen molar-refractivity contribution in [1.29, 1.82) is 0 Å². The summed E-state index contributed by atoms with van der Waals surface area (Å²) in [6, 6.07) is 8.90. The van der Waals surface area contributed by atoms with E-state index in [0.29, 0.717) is 47.4 Å². The number of thiol groups is 1. The summed E-state index contributed by atoms with van der Waals surface area (Å²) in [6.07, 6.45) is 2.65. The Labute approximate surface area is 160 Å². The van der Waals surface area contributed by atoms with Gasteiger partial charge in [0.15, 0.2) is 11.5 Å². The smallest absolute Gasteiger partial charge is 0.279 e. The molecule has 0 atom stereocenters. The second-order valence-electron chi connectivity index (χ2n) is 5.88. The Hall–Kier alpha value is -3.20. The van der Waals surface area contributed by atoms with Crippen LogP contribution in [0.4, 0.5) is 17.1 Å². The van der Waals surface area contributed by atoms with Crippen LogP contribution in [0.2, 0.25) is 0 Å². The highest BCUT2D eigenvalue weighted by atomic mass is 32.1. The van der Waals surface area contributed by atoms with Gasteiger partial charge in [-0.05, 0) is 24.3 Å². The number of nitrogen functional groups attached to an aromatic ring is 1. The zero-order chi connectivity index (χ0) is 18.8. The third kappa shape index (κ3) is 3.41. The van der Waals surface area contributed by atoms with E-state index < -0.39 is 0 Å². The number of anilines is 3. The lowest BCUT2D eigenvalue weighted by molar-refractivity contribution is 0.0945. The lowest BCUT2D eigenvalue weighted by Gasteiger charge is -2.20. The van der Waals surface area contributed by atoms with E-state index in [9.17, 15) is 4.79 Å². The van der Waals surface area contributed by atoms with Crippen molar-refractivity contribution >= 4 is 35.6 Å². The molecule has 2 heterocycles. The number of hydrogen-bond donors (Lipinski definition) is 3. The zero-order valence-corrected chi connectivity index (χ0v) is 15.1. The van der Waals surface area contributed by atoms with Crippen molar-refractivity contribution in [3.8, 4) is 11.5 Å². The molecule has 1 aliphatic rings. The molecule has 0 unspecified atom stereocenters. The first kappa shape index (κ1) is 17.2. The largest absolute Gasteiger partial charge is 0.486 e. The molecule has 4 rings (SSSR count). The Morgan fingerprint density at radius 1 is 1.22 bits per heavy atom. The number of carbonyl (C=O) groups excluding carboxylic acids is 1. The molecule has 0 spiro atoms. The predicted octanol–water partition coefficient (Wildman–Crippen LogP) is 2.49. The molecular formula is C18H17N5O3S. The molecule has 9 heteroatoms. The Bertz CT molecular complexity index is 991. The molecule has 3 aromatic rings. The van der Waals surface area contributed by atoms with Gasteiger partial charge in [-0.25, -0.2) is 4.98 Å². The van der Waals surface area contributed by atoms with Gasteiger partial charge in [0.25, 0.3) is 5.91 Å². The number of nitrogens with one attached hydrogen (secondary N) is 1. The molecule has 0 bridgehead atoms. The van der Waals surface area contributed by atoms with Crippen molar-refractivity contribution in [2.24, 2.45) is 0 Å². The Kier molecular flexibility index (Phi) is 4.59. The maximum Gasteiger partial charge on any atom is 0.279 e. The first-order valence-electron chi connectivity index (χ1n) is 8.25. The Morgan fingerprint density at radius 3 is 2.78 bits per heavy atom. The highest BCUT2D eigenvalue weighted by Crippen LogP contribution is 2.35. The minimum Gasteiger partial charge on any atom is -0.486 e. The molecule has 1 aromatic heterocycles. The van der Waals surface area contributed by atoms with Gasteiger partial charge >= 0.3 is 0 Å². The van der Waals surface area contributed by atoms with E-state index in [1.54, 1.807) is 12.1 Å².